The van der Waals surface area contributed by atoms with Crippen molar-refractivity contribution in [2.45, 2.75) is 64.9 Å². The maximum absolute atomic E-state index is 5.83. The molecule has 1 N–H and O–H groups in total. The van der Waals surface area contributed by atoms with Crippen LogP contribution in [0.4, 0.5) is 5.82 Å². The molecule has 1 aromatic rings. The maximum Gasteiger partial charge on any atom is 0.159 e. The minimum absolute atomic E-state index is 0.0332. The molecule has 1 atom stereocenters. The van der Waals surface area contributed by atoms with Crippen molar-refractivity contribution in [1.82, 2.24) is 9.97 Å². The van der Waals surface area contributed by atoms with Crippen molar-refractivity contribution in [2.24, 2.45) is 0 Å². The van der Waals surface area contributed by atoms with Gasteiger partial charge in [0.25, 0.3) is 0 Å². The van der Waals surface area contributed by atoms with Crippen LogP contribution < -0.4 is 5.32 Å². The summed E-state index contributed by atoms with van der Waals surface area (Å²) >= 11 is 0. The molecule has 1 unspecified atom stereocenters. The molecule has 0 spiro atoms. The number of hydrogen-bond acceptors (Lipinski definition) is 4. The zero-order chi connectivity index (χ0) is 14.4. The van der Waals surface area contributed by atoms with Gasteiger partial charge in [0.2, 0.25) is 0 Å². The Labute approximate surface area is 122 Å². The van der Waals surface area contributed by atoms with Crippen LogP contribution in [0.2, 0.25) is 0 Å². The highest BCUT2D eigenvalue weighted by atomic mass is 16.5. The maximum atomic E-state index is 5.83. The monoisotopic (exact) mass is 277 g/mol. The molecule has 20 heavy (non-hydrogen) atoms. The molecule has 1 aliphatic carbocycles. The van der Waals surface area contributed by atoms with E-state index in [4.69, 9.17) is 9.72 Å². The highest BCUT2D eigenvalue weighted by Gasteiger charge is 2.27. The molecule has 4 heteroatoms. The largest absolute Gasteiger partial charge is 0.371 e. The van der Waals surface area contributed by atoms with Gasteiger partial charge in [-0.2, -0.15) is 0 Å². The predicted molar refractivity (Wildman–Crippen MR) is 82.1 cm³/mol. The first kappa shape index (κ1) is 15.2. The van der Waals surface area contributed by atoms with Gasteiger partial charge in [-0.05, 0) is 32.6 Å². The van der Waals surface area contributed by atoms with Gasteiger partial charge >= 0.3 is 0 Å². The third-order valence-corrected chi connectivity index (χ3v) is 3.52. The number of ether oxygens (including phenoxy) is 1. The molecule has 0 aliphatic heterocycles. The first-order chi connectivity index (χ1) is 9.78. The van der Waals surface area contributed by atoms with E-state index >= 15 is 0 Å². The van der Waals surface area contributed by atoms with Crippen LogP contribution in [0.1, 0.15) is 76.4 Å². The van der Waals surface area contributed by atoms with Crippen LogP contribution in [0.5, 0.6) is 0 Å². The summed E-state index contributed by atoms with van der Waals surface area (Å²) in [6, 6.07) is 2.12. The molecule has 0 bridgehead atoms. The second kappa shape index (κ2) is 7.58. The van der Waals surface area contributed by atoms with Crippen molar-refractivity contribution < 1.29 is 4.74 Å². The molecule has 112 valence electrons. The van der Waals surface area contributed by atoms with Crippen LogP contribution in [0.3, 0.4) is 0 Å². The Hall–Kier alpha value is -1.16. The Kier molecular flexibility index (Phi) is 5.77. The smallest absolute Gasteiger partial charge is 0.159 e. The Morgan fingerprint density at radius 2 is 2.05 bits per heavy atom. The molecule has 1 saturated carbocycles. The van der Waals surface area contributed by atoms with E-state index in [0.717, 1.165) is 37.4 Å². The molecule has 0 radical (unpaired) electrons. The van der Waals surface area contributed by atoms with Crippen molar-refractivity contribution in [1.29, 1.82) is 0 Å². The fourth-order valence-electron chi connectivity index (χ4n) is 2.31. The average Bonchev–Trinajstić information content (AvgIpc) is 3.29. The average molecular weight is 277 g/mol. The number of anilines is 1. The van der Waals surface area contributed by atoms with E-state index in [-0.39, 0.29) is 6.10 Å². The highest BCUT2D eigenvalue weighted by molar-refractivity contribution is 5.38. The third kappa shape index (κ3) is 4.17. The van der Waals surface area contributed by atoms with E-state index in [1.165, 1.54) is 18.5 Å². The Morgan fingerprint density at radius 1 is 1.25 bits per heavy atom. The molecule has 1 aromatic heterocycles. The molecular formula is C16H27N3O. The molecule has 1 fully saturated rings. The van der Waals surface area contributed by atoms with Gasteiger partial charge in [-0.3, -0.25) is 0 Å². The molecule has 0 amide bonds. The number of nitrogens with one attached hydrogen (secondary N) is 1. The van der Waals surface area contributed by atoms with Gasteiger partial charge in [0.05, 0.1) is 0 Å². The summed E-state index contributed by atoms with van der Waals surface area (Å²) < 4.78 is 5.83. The van der Waals surface area contributed by atoms with Crippen LogP contribution in [-0.4, -0.2) is 23.1 Å². The second-order valence-corrected chi connectivity index (χ2v) is 5.47. The number of rotatable bonds is 9. The Morgan fingerprint density at radius 3 is 2.65 bits per heavy atom. The zero-order valence-electron chi connectivity index (χ0n) is 13.0. The van der Waals surface area contributed by atoms with E-state index in [0.29, 0.717) is 12.5 Å². The summed E-state index contributed by atoms with van der Waals surface area (Å²) in [5.74, 6) is 2.46. The fraction of sp³-hybridized carbons (Fsp3) is 0.750. The van der Waals surface area contributed by atoms with Crippen LogP contribution in [0, 0.1) is 0 Å². The van der Waals surface area contributed by atoms with Gasteiger partial charge in [0.1, 0.15) is 11.9 Å². The van der Waals surface area contributed by atoms with Crippen LogP contribution >= 0.6 is 0 Å². The number of aromatic nitrogens is 2. The summed E-state index contributed by atoms with van der Waals surface area (Å²) in [6.45, 7) is 8.03. The van der Waals surface area contributed by atoms with E-state index in [9.17, 15) is 0 Å². The van der Waals surface area contributed by atoms with Crippen molar-refractivity contribution in [3.63, 3.8) is 0 Å². The van der Waals surface area contributed by atoms with Crippen LogP contribution in [0.15, 0.2) is 6.07 Å². The fourth-order valence-corrected chi connectivity index (χ4v) is 2.31. The Balaban J connectivity index is 2.21. The molecule has 0 aromatic carbocycles. The summed E-state index contributed by atoms with van der Waals surface area (Å²) in [5, 5.41) is 3.39. The minimum Gasteiger partial charge on any atom is -0.371 e. The SMILES string of the molecule is CCCNc1cc(C2CC2)nc(C(CCC)OCC)n1. The lowest BCUT2D eigenvalue weighted by atomic mass is 10.2. The summed E-state index contributed by atoms with van der Waals surface area (Å²) in [6.07, 6.45) is 5.72. The predicted octanol–water partition coefficient (Wildman–Crippen LogP) is 4.05. The molecule has 2 rings (SSSR count). The van der Waals surface area contributed by atoms with Gasteiger partial charge in [-0.1, -0.05) is 20.3 Å². The van der Waals surface area contributed by atoms with Crippen molar-refractivity contribution >= 4 is 5.82 Å². The summed E-state index contributed by atoms with van der Waals surface area (Å²) in [4.78, 5) is 9.44. The number of hydrogen-bond donors (Lipinski definition) is 1. The van der Waals surface area contributed by atoms with E-state index in [1.807, 2.05) is 6.92 Å². The molecule has 1 heterocycles. The van der Waals surface area contributed by atoms with E-state index < -0.39 is 0 Å². The Bertz CT molecular complexity index is 412. The topological polar surface area (TPSA) is 47.0 Å². The van der Waals surface area contributed by atoms with Gasteiger partial charge < -0.3 is 10.1 Å². The molecule has 1 aliphatic rings. The minimum atomic E-state index is 0.0332. The summed E-state index contributed by atoms with van der Waals surface area (Å²) in [7, 11) is 0. The second-order valence-electron chi connectivity index (χ2n) is 5.47. The van der Waals surface area contributed by atoms with Crippen molar-refractivity contribution in [2.75, 3.05) is 18.5 Å². The summed E-state index contributed by atoms with van der Waals surface area (Å²) in [5.41, 5.74) is 1.19. The lowest BCUT2D eigenvalue weighted by Crippen LogP contribution is -2.13. The molecule has 0 saturated heterocycles. The van der Waals surface area contributed by atoms with Gasteiger partial charge in [-0.15, -0.1) is 0 Å². The highest BCUT2D eigenvalue weighted by Crippen LogP contribution is 2.40. The third-order valence-electron chi connectivity index (χ3n) is 3.52. The quantitative estimate of drug-likeness (QED) is 0.739. The lowest BCUT2D eigenvalue weighted by molar-refractivity contribution is 0.0493. The van der Waals surface area contributed by atoms with E-state index in [1.54, 1.807) is 0 Å². The van der Waals surface area contributed by atoms with Crippen LogP contribution in [-0.2, 0) is 4.74 Å². The standard InChI is InChI=1S/C16H27N3O/c1-4-7-14(20-6-3)16-18-13(12-8-9-12)11-15(19-16)17-10-5-2/h11-12,14H,4-10H2,1-3H3,(H,17,18,19). The van der Waals surface area contributed by atoms with Gasteiger partial charge in [-0.25, -0.2) is 9.97 Å². The van der Waals surface area contributed by atoms with Crippen molar-refractivity contribution in [3.05, 3.63) is 17.6 Å². The van der Waals surface area contributed by atoms with Gasteiger partial charge in [0.15, 0.2) is 5.82 Å². The first-order valence-corrected chi connectivity index (χ1v) is 8.02. The van der Waals surface area contributed by atoms with E-state index in [2.05, 4.69) is 30.2 Å². The normalized spacial score (nSPS) is 16.1. The van der Waals surface area contributed by atoms with Crippen molar-refractivity contribution in [3.8, 4) is 0 Å². The molecular weight excluding hydrogens is 250 g/mol. The molecule has 4 nitrogen and oxygen atoms in total. The zero-order valence-corrected chi connectivity index (χ0v) is 13.0. The lowest BCUT2D eigenvalue weighted by Gasteiger charge is -2.17. The first-order valence-electron chi connectivity index (χ1n) is 8.02. The number of nitrogens with zero attached hydrogens (tertiary/aromatic N) is 2. The van der Waals surface area contributed by atoms with Gasteiger partial charge in [0, 0.05) is 30.8 Å². The van der Waals surface area contributed by atoms with Crippen LogP contribution in [0.25, 0.3) is 0 Å².